The summed E-state index contributed by atoms with van der Waals surface area (Å²) in [5.41, 5.74) is 3.17. The van der Waals surface area contributed by atoms with E-state index in [1.807, 2.05) is 42.5 Å². The van der Waals surface area contributed by atoms with Crippen LogP contribution in [0.4, 0.5) is 5.69 Å². The molecule has 5 nitrogen and oxygen atoms in total. The Labute approximate surface area is 157 Å². The highest BCUT2D eigenvalue weighted by molar-refractivity contribution is 7.99. The Balaban J connectivity index is 1.54. The van der Waals surface area contributed by atoms with Crippen molar-refractivity contribution in [2.24, 2.45) is 0 Å². The third kappa shape index (κ3) is 4.95. The molecule has 0 radical (unpaired) electrons. The van der Waals surface area contributed by atoms with E-state index in [1.165, 1.54) is 17.3 Å². The van der Waals surface area contributed by atoms with Crippen LogP contribution in [0, 0.1) is 0 Å². The van der Waals surface area contributed by atoms with Crippen molar-refractivity contribution in [3.05, 3.63) is 71.5 Å². The topological polar surface area (TPSA) is 70.7 Å². The molecule has 3 rings (SSSR count). The zero-order valence-electron chi connectivity index (χ0n) is 14.9. The number of carbonyl (C=O) groups is 1. The molecular weight excluding hydrogens is 344 g/mol. The van der Waals surface area contributed by atoms with Crippen molar-refractivity contribution in [2.45, 2.75) is 31.3 Å². The number of aromatic amines is 1. The van der Waals surface area contributed by atoms with E-state index < -0.39 is 0 Å². The van der Waals surface area contributed by atoms with Gasteiger partial charge in [0.25, 0.3) is 0 Å². The predicted octanol–water partition coefficient (Wildman–Crippen LogP) is 4.25. The van der Waals surface area contributed by atoms with Gasteiger partial charge < -0.3 is 5.32 Å². The molecule has 2 aromatic carbocycles. The van der Waals surface area contributed by atoms with Gasteiger partial charge in [-0.1, -0.05) is 74.1 Å². The lowest BCUT2D eigenvalue weighted by molar-refractivity contribution is -0.113. The number of nitrogens with one attached hydrogen (secondary N) is 2. The molecule has 1 heterocycles. The molecule has 1 aromatic heterocycles. The molecule has 26 heavy (non-hydrogen) atoms. The number of H-pyrrole nitrogens is 1. The third-order valence-corrected chi connectivity index (χ3v) is 4.76. The molecule has 0 aliphatic carbocycles. The molecule has 0 saturated carbocycles. The van der Waals surface area contributed by atoms with E-state index in [0.29, 0.717) is 17.5 Å². The van der Waals surface area contributed by atoms with Crippen LogP contribution in [-0.2, 0) is 11.2 Å². The summed E-state index contributed by atoms with van der Waals surface area (Å²) >= 11 is 1.33. The molecule has 0 unspecified atom stereocenters. The smallest absolute Gasteiger partial charge is 0.234 e. The number of carbonyl (C=O) groups excluding carboxylic acids is 1. The summed E-state index contributed by atoms with van der Waals surface area (Å²) in [6, 6.07) is 18.0. The van der Waals surface area contributed by atoms with Crippen LogP contribution in [0.1, 0.15) is 36.7 Å². The van der Waals surface area contributed by atoms with Gasteiger partial charge in [-0.05, 0) is 23.1 Å². The SMILES string of the molecule is CC(C)c1ccccc1NC(=O)CSc1n[nH]c(Cc2ccccc2)n1. The average molecular weight is 366 g/mol. The van der Waals surface area contributed by atoms with Gasteiger partial charge in [0.2, 0.25) is 11.1 Å². The minimum Gasteiger partial charge on any atom is -0.325 e. The fraction of sp³-hybridized carbons (Fsp3) is 0.250. The van der Waals surface area contributed by atoms with Gasteiger partial charge in [-0.15, -0.1) is 5.10 Å². The number of benzene rings is 2. The molecule has 3 aromatic rings. The number of hydrogen-bond acceptors (Lipinski definition) is 4. The van der Waals surface area contributed by atoms with Crippen molar-refractivity contribution >= 4 is 23.4 Å². The van der Waals surface area contributed by atoms with E-state index in [4.69, 9.17) is 0 Å². The summed E-state index contributed by atoms with van der Waals surface area (Å²) in [4.78, 5) is 16.7. The zero-order valence-corrected chi connectivity index (χ0v) is 15.7. The van der Waals surface area contributed by atoms with Crippen molar-refractivity contribution < 1.29 is 4.79 Å². The Morgan fingerprint density at radius 1 is 1.12 bits per heavy atom. The monoisotopic (exact) mass is 366 g/mol. The summed E-state index contributed by atoms with van der Waals surface area (Å²) in [5, 5.41) is 10.7. The third-order valence-electron chi connectivity index (χ3n) is 3.91. The van der Waals surface area contributed by atoms with E-state index >= 15 is 0 Å². The molecular formula is C20H22N4OS. The average Bonchev–Trinajstić information content (AvgIpc) is 3.08. The highest BCUT2D eigenvalue weighted by atomic mass is 32.2. The Morgan fingerprint density at radius 2 is 1.85 bits per heavy atom. The second-order valence-electron chi connectivity index (χ2n) is 6.31. The van der Waals surface area contributed by atoms with Crippen LogP contribution in [-0.4, -0.2) is 26.8 Å². The van der Waals surface area contributed by atoms with E-state index in [0.717, 1.165) is 17.1 Å². The number of para-hydroxylation sites is 1. The minimum atomic E-state index is -0.0579. The van der Waals surface area contributed by atoms with Crippen molar-refractivity contribution in [2.75, 3.05) is 11.1 Å². The van der Waals surface area contributed by atoms with Crippen LogP contribution < -0.4 is 5.32 Å². The van der Waals surface area contributed by atoms with E-state index in [2.05, 4.69) is 46.5 Å². The van der Waals surface area contributed by atoms with E-state index in [9.17, 15) is 4.79 Å². The normalized spacial score (nSPS) is 10.9. The Morgan fingerprint density at radius 3 is 2.62 bits per heavy atom. The Kier molecular flexibility index (Phi) is 6.07. The number of nitrogens with zero attached hydrogens (tertiary/aromatic N) is 2. The number of anilines is 1. The van der Waals surface area contributed by atoms with Crippen LogP contribution in [0.15, 0.2) is 59.8 Å². The molecule has 0 spiro atoms. The molecule has 0 fully saturated rings. The van der Waals surface area contributed by atoms with E-state index in [1.54, 1.807) is 0 Å². The maximum atomic E-state index is 12.3. The van der Waals surface area contributed by atoms with Gasteiger partial charge in [0, 0.05) is 12.1 Å². The Bertz CT molecular complexity index is 861. The standard InChI is InChI=1S/C20H22N4OS/c1-14(2)16-10-6-7-11-17(16)21-19(25)13-26-20-22-18(23-24-20)12-15-8-4-3-5-9-15/h3-11,14H,12-13H2,1-2H3,(H,21,25)(H,22,23,24). The minimum absolute atomic E-state index is 0.0579. The molecule has 0 bridgehead atoms. The molecule has 0 aliphatic heterocycles. The molecule has 134 valence electrons. The van der Waals surface area contributed by atoms with Gasteiger partial charge in [0.05, 0.1) is 5.75 Å². The lowest BCUT2D eigenvalue weighted by Gasteiger charge is -2.13. The van der Waals surface area contributed by atoms with Crippen molar-refractivity contribution in [3.63, 3.8) is 0 Å². The summed E-state index contributed by atoms with van der Waals surface area (Å²) in [5.74, 6) is 1.36. The number of thioether (sulfide) groups is 1. The van der Waals surface area contributed by atoms with Gasteiger partial charge in [-0.2, -0.15) is 0 Å². The fourth-order valence-electron chi connectivity index (χ4n) is 2.64. The lowest BCUT2D eigenvalue weighted by Crippen LogP contribution is -2.15. The molecule has 0 saturated heterocycles. The molecule has 6 heteroatoms. The molecule has 2 N–H and O–H groups in total. The van der Waals surface area contributed by atoms with Crippen LogP contribution in [0.2, 0.25) is 0 Å². The van der Waals surface area contributed by atoms with Crippen LogP contribution in [0.25, 0.3) is 0 Å². The van der Waals surface area contributed by atoms with Gasteiger partial charge >= 0.3 is 0 Å². The first-order chi connectivity index (χ1) is 12.6. The van der Waals surface area contributed by atoms with Gasteiger partial charge in [-0.25, -0.2) is 4.98 Å². The van der Waals surface area contributed by atoms with Crippen molar-refractivity contribution in [1.82, 2.24) is 15.2 Å². The van der Waals surface area contributed by atoms with Crippen LogP contribution in [0.3, 0.4) is 0 Å². The fourth-order valence-corrected chi connectivity index (χ4v) is 3.26. The summed E-state index contributed by atoms with van der Waals surface area (Å²) in [6.07, 6.45) is 0.697. The van der Waals surface area contributed by atoms with Crippen LogP contribution in [0.5, 0.6) is 0 Å². The highest BCUT2D eigenvalue weighted by Gasteiger charge is 2.11. The second-order valence-corrected chi connectivity index (χ2v) is 7.25. The summed E-state index contributed by atoms with van der Waals surface area (Å²) < 4.78 is 0. The zero-order chi connectivity index (χ0) is 18.4. The first kappa shape index (κ1) is 18.2. The van der Waals surface area contributed by atoms with Gasteiger partial charge in [-0.3, -0.25) is 9.89 Å². The second kappa shape index (κ2) is 8.67. The maximum Gasteiger partial charge on any atom is 0.234 e. The van der Waals surface area contributed by atoms with Crippen molar-refractivity contribution in [3.8, 4) is 0 Å². The Hall–Kier alpha value is -2.60. The number of rotatable bonds is 7. The van der Waals surface area contributed by atoms with Gasteiger partial charge in [0.15, 0.2) is 0 Å². The highest BCUT2D eigenvalue weighted by Crippen LogP contribution is 2.24. The van der Waals surface area contributed by atoms with Gasteiger partial charge in [0.1, 0.15) is 5.82 Å². The summed E-state index contributed by atoms with van der Waals surface area (Å²) in [7, 11) is 0. The van der Waals surface area contributed by atoms with E-state index in [-0.39, 0.29) is 11.7 Å². The van der Waals surface area contributed by atoms with Crippen molar-refractivity contribution in [1.29, 1.82) is 0 Å². The molecule has 0 atom stereocenters. The molecule has 0 aliphatic rings. The molecule has 1 amide bonds. The number of amides is 1. The summed E-state index contributed by atoms with van der Waals surface area (Å²) in [6.45, 7) is 4.23. The first-order valence-corrected chi connectivity index (χ1v) is 9.57. The number of hydrogen-bond donors (Lipinski definition) is 2. The largest absolute Gasteiger partial charge is 0.325 e. The lowest BCUT2D eigenvalue weighted by atomic mass is 10.0. The maximum absolute atomic E-state index is 12.3. The quantitative estimate of drug-likeness (QED) is 0.613. The first-order valence-electron chi connectivity index (χ1n) is 8.58. The number of aromatic nitrogens is 3. The predicted molar refractivity (Wildman–Crippen MR) is 106 cm³/mol. The van der Waals surface area contributed by atoms with Crippen LogP contribution >= 0.6 is 11.8 Å².